The van der Waals surface area contributed by atoms with Crippen molar-refractivity contribution in [3.8, 4) is 0 Å². The van der Waals surface area contributed by atoms with E-state index in [1.807, 2.05) is 0 Å². The first-order valence-corrected chi connectivity index (χ1v) is 4.02. The molecule has 0 bridgehead atoms. The Labute approximate surface area is 78.5 Å². The molecule has 1 nitrogen and oxygen atoms in total. The van der Waals surface area contributed by atoms with E-state index >= 15 is 0 Å². The van der Waals surface area contributed by atoms with E-state index in [0.29, 0.717) is 6.42 Å². The SMILES string of the molecule is CCc1ccc(C(F)(F)F)c(N)c1F. The Kier molecular flexibility index (Phi) is 2.69. The molecule has 14 heavy (non-hydrogen) atoms. The molecule has 0 aliphatic rings. The smallest absolute Gasteiger partial charge is 0.396 e. The first kappa shape index (κ1) is 10.8. The maximum absolute atomic E-state index is 13.2. The van der Waals surface area contributed by atoms with E-state index in [-0.39, 0.29) is 5.56 Å². The van der Waals surface area contributed by atoms with Crippen LogP contribution in [0, 0.1) is 5.82 Å². The number of rotatable bonds is 1. The molecule has 0 aliphatic heterocycles. The monoisotopic (exact) mass is 207 g/mol. The van der Waals surface area contributed by atoms with Gasteiger partial charge in [0.05, 0.1) is 11.3 Å². The van der Waals surface area contributed by atoms with E-state index in [0.717, 1.165) is 12.1 Å². The third-order valence-corrected chi connectivity index (χ3v) is 1.95. The van der Waals surface area contributed by atoms with Gasteiger partial charge in [-0.3, -0.25) is 0 Å². The molecule has 1 rings (SSSR count). The highest BCUT2D eigenvalue weighted by atomic mass is 19.4. The summed E-state index contributed by atoms with van der Waals surface area (Å²) in [7, 11) is 0. The van der Waals surface area contributed by atoms with Crippen molar-refractivity contribution >= 4 is 5.69 Å². The summed E-state index contributed by atoms with van der Waals surface area (Å²) >= 11 is 0. The lowest BCUT2D eigenvalue weighted by Gasteiger charge is -2.12. The fourth-order valence-electron chi connectivity index (χ4n) is 1.16. The summed E-state index contributed by atoms with van der Waals surface area (Å²) in [6.45, 7) is 1.64. The standard InChI is InChI=1S/C9H9F4N/c1-2-5-3-4-6(9(11,12)13)8(14)7(5)10/h3-4H,2,14H2,1H3. The second-order valence-corrected chi connectivity index (χ2v) is 2.85. The van der Waals surface area contributed by atoms with Crippen molar-refractivity contribution in [2.24, 2.45) is 0 Å². The molecule has 0 fully saturated rings. The molecule has 0 heterocycles. The summed E-state index contributed by atoms with van der Waals surface area (Å²) in [5.74, 6) is -0.970. The molecule has 0 aliphatic carbocycles. The minimum absolute atomic E-state index is 0.190. The number of hydrogen-bond donors (Lipinski definition) is 1. The summed E-state index contributed by atoms with van der Waals surface area (Å²) in [4.78, 5) is 0. The molecule has 0 amide bonds. The summed E-state index contributed by atoms with van der Waals surface area (Å²) in [6.07, 6.45) is -4.29. The molecule has 1 aromatic carbocycles. The molecule has 0 aromatic heterocycles. The highest BCUT2D eigenvalue weighted by molar-refractivity contribution is 5.52. The van der Waals surface area contributed by atoms with Crippen LogP contribution in [-0.2, 0) is 12.6 Å². The van der Waals surface area contributed by atoms with E-state index in [1.165, 1.54) is 0 Å². The third kappa shape index (κ3) is 1.81. The van der Waals surface area contributed by atoms with E-state index in [1.54, 1.807) is 6.92 Å². The Hall–Kier alpha value is -1.26. The highest BCUT2D eigenvalue weighted by Crippen LogP contribution is 2.35. The molecule has 5 heteroatoms. The predicted molar refractivity (Wildman–Crippen MR) is 45.2 cm³/mol. The lowest BCUT2D eigenvalue weighted by atomic mass is 10.1. The fraction of sp³-hybridized carbons (Fsp3) is 0.333. The summed E-state index contributed by atoms with van der Waals surface area (Å²) in [5.41, 5.74) is 3.30. The van der Waals surface area contributed by atoms with Crippen LogP contribution in [0.3, 0.4) is 0 Å². The number of nitrogen functional groups attached to an aromatic ring is 1. The van der Waals surface area contributed by atoms with Gasteiger partial charge in [-0.15, -0.1) is 0 Å². The van der Waals surface area contributed by atoms with Gasteiger partial charge in [0.25, 0.3) is 0 Å². The minimum atomic E-state index is -4.60. The van der Waals surface area contributed by atoms with Gasteiger partial charge in [-0.1, -0.05) is 13.0 Å². The average molecular weight is 207 g/mol. The van der Waals surface area contributed by atoms with Gasteiger partial charge in [-0.05, 0) is 18.1 Å². The van der Waals surface area contributed by atoms with Crippen molar-refractivity contribution in [2.45, 2.75) is 19.5 Å². The van der Waals surface area contributed by atoms with Crippen molar-refractivity contribution in [3.05, 3.63) is 29.1 Å². The molecular formula is C9H9F4N. The van der Waals surface area contributed by atoms with Crippen LogP contribution in [-0.4, -0.2) is 0 Å². The van der Waals surface area contributed by atoms with Gasteiger partial charge >= 0.3 is 6.18 Å². The Morgan fingerprint density at radius 2 is 1.86 bits per heavy atom. The summed E-state index contributed by atoms with van der Waals surface area (Å²) < 4.78 is 49.8. The molecule has 0 spiro atoms. The van der Waals surface area contributed by atoms with Crippen LogP contribution in [0.5, 0.6) is 0 Å². The van der Waals surface area contributed by atoms with E-state index in [4.69, 9.17) is 5.73 Å². The van der Waals surface area contributed by atoms with Crippen molar-refractivity contribution in [1.29, 1.82) is 0 Å². The number of alkyl halides is 3. The maximum atomic E-state index is 13.2. The molecule has 0 radical (unpaired) electrons. The number of hydrogen-bond acceptors (Lipinski definition) is 1. The second-order valence-electron chi connectivity index (χ2n) is 2.85. The normalized spacial score (nSPS) is 11.8. The lowest BCUT2D eigenvalue weighted by Crippen LogP contribution is -2.11. The van der Waals surface area contributed by atoms with Crippen LogP contribution < -0.4 is 5.73 Å². The molecule has 78 valence electrons. The number of nitrogens with two attached hydrogens (primary N) is 1. The zero-order chi connectivity index (χ0) is 10.9. The molecule has 0 atom stereocenters. The van der Waals surface area contributed by atoms with Crippen molar-refractivity contribution < 1.29 is 17.6 Å². The van der Waals surface area contributed by atoms with Crippen LogP contribution in [0.1, 0.15) is 18.1 Å². The molecule has 0 saturated carbocycles. The number of benzene rings is 1. The van der Waals surface area contributed by atoms with Crippen LogP contribution in [0.25, 0.3) is 0 Å². The quantitative estimate of drug-likeness (QED) is 0.556. The predicted octanol–water partition coefficient (Wildman–Crippen LogP) is 2.99. The molecule has 0 unspecified atom stereocenters. The number of aryl methyl sites for hydroxylation is 1. The van der Waals surface area contributed by atoms with Gasteiger partial charge in [0, 0.05) is 0 Å². The molecule has 1 aromatic rings. The zero-order valence-corrected chi connectivity index (χ0v) is 7.45. The van der Waals surface area contributed by atoms with Crippen LogP contribution >= 0.6 is 0 Å². The Balaban J connectivity index is 3.31. The molecular weight excluding hydrogens is 198 g/mol. The maximum Gasteiger partial charge on any atom is 0.418 e. The first-order chi connectivity index (χ1) is 6.38. The van der Waals surface area contributed by atoms with Crippen LogP contribution in [0.4, 0.5) is 23.2 Å². The van der Waals surface area contributed by atoms with E-state index in [9.17, 15) is 17.6 Å². The second kappa shape index (κ2) is 3.48. The third-order valence-electron chi connectivity index (χ3n) is 1.95. The number of halogens is 4. The number of anilines is 1. The van der Waals surface area contributed by atoms with Crippen molar-refractivity contribution in [1.82, 2.24) is 0 Å². The van der Waals surface area contributed by atoms with Gasteiger partial charge in [0.1, 0.15) is 5.82 Å². The van der Waals surface area contributed by atoms with Crippen LogP contribution in [0.15, 0.2) is 12.1 Å². The Morgan fingerprint density at radius 1 is 1.29 bits per heavy atom. The Morgan fingerprint density at radius 3 is 2.29 bits per heavy atom. The topological polar surface area (TPSA) is 26.0 Å². The summed E-state index contributed by atoms with van der Waals surface area (Å²) in [5, 5.41) is 0. The van der Waals surface area contributed by atoms with Gasteiger partial charge in [-0.2, -0.15) is 13.2 Å². The lowest BCUT2D eigenvalue weighted by molar-refractivity contribution is -0.137. The van der Waals surface area contributed by atoms with Gasteiger partial charge in [-0.25, -0.2) is 4.39 Å². The molecule has 0 saturated heterocycles. The fourth-order valence-corrected chi connectivity index (χ4v) is 1.16. The van der Waals surface area contributed by atoms with Gasteiger partial charge < -0.3 is 5.73 Å². The highest BCUT2D eigenvalue weighted by Gasteiger charge is 2.34. The average Bonchev–Trinajstić information content (AvgIpc) is 2.07. The largest absolute Gasteiger partial charge is 0.418 e. The first-order valence-electron chi connectivity index (χ1n) is 4.02. The summed E-state index contributed by atoms with van der Waals surface area (Å²) in [6, 6.07) is 1.91. The molecule has 2 N–H and O–H groups in total. The zero-order valence-electron chi connectivity index (χ0n) is 7.45. The van der Waals surface area contributed by atoms with E-state index < -0.39 is 23.2 Å². The van der Waals surface area contributed by atoms with E-state index in [2.05, 4.69) is 0 Å². The van der Waals surface area contributed by atoms with Gasteiger partial charge in [0.15, 0.2) is 0 Å². The van der Waals surface area contributed by atoms with Gasteiger partial charge in [0.2, 0.25) is 0 Å². The minimum Gasteiger partial charge on any atom is -0.396 e. The van der Waals surface area contributed by atoms with Crippen LogP contribution in [0.2, 0.25) is 0 Å². The Bertz CT molecular complexity index is 343. The van der Waals surface area contributed by atoms with Crippen molar-refractivity contribution in [2.75, 3.05) is 5.73 Å². The van der Waals surface area contributed by atoms with Crippen molar-refractivity contribution in [3.63, 3.8) is 0 Å².